The Morgan fingerprint density at radius 2 is 1.75 bits per heavy atom. The van der Waals surface area contributed by atoms with Gasteiger partial charge in [-0.1, -0.05) is 41.4 Å². The molecule has 0 saturated carbocycles. The maximum Gasteiger partial charge on any atom is 0.243 e. The summed E-state index contributed by atoms with van der Waals surface area (Å²) < 4.78 is 0.712. The lowest BCUT2D eigenvalue weighted by atomic mass is 10.3. The third-order valence-corrected chi connectivity index (χ3v) is 4.30. The van der Waals surface area contributed by atoms with Crippen LogP contribution in [-0.2, 0) is 4.79 Å². The minimum atomic E-state index is -0.161. The van der Waals surface area contributed by atoms with Crippen molar-refractivity contribution in [3.05, 3.63) is 57.0 Å². The van der Waals surface area contributed by atoms with E-state index in [0.717, 1.165) is 5.69 Å². The minimum absolute atomic E-state index is 0.104. The fraction of sp³-hybridized carbons (Fsp3) is 0.0714. The van der Waals surface area contributed by atoms with Gasteiger partial charge in [-0.2, -0.15) is 0 Å². The molecule has 0 fully saturated rings. The molecule has 0 aliphatic carbocycles. The number of benzene rings is 2. The number of anilines is 2. The molecule has 2 aromatic carbocycles. The Balaban J connectivity index is 1.96. The van der Waals surface area contributed by atoms with Crippen LogP contribution in [0.2, 0.25) is 10.0 Å². The van der Waals surface area contributed by atoms with Crippen LogP contribution in [0, 0.1) is 0 Å². The van der Waals surface area contributed by atoms with E-state index in [4.69, 9.17) is 23.2 Å². The lowest BCUT2D eigenvalue weighted by Gasteiger charge is -2.10. The molecule has 0 heterocycles. The van der Waals surface area contributed by atoms with Gasteiger partial charge >= 0.3 is 0 Å². The molecule has 0 aromatic heterocycles. The molecule has 6 heteroatoms. The first-order valence-corrected chi connectivity index (χ1v) is 7.35. The first-order chi connectivity index (χ1) is 9.58. The van der Waals surface area contributed by atoms with Crippen molar-refractivity contribution in [2.75, 3.05) is 17.2 Å². The topological polar surface area (TPSA) is 41.1 Å². The summed E-state index contributed by atoms with van der Waals surface area (Å²) in [7, 11) is 0. The summed E-state index contributed by atoms with van der Waals surface area (Å²) in [5, 5.41) is 6.52. The molecule has 0 aliphatic rings. The van der Waals surface area contributed by atoms with Crippen molar-refractivity contribution in [3.8, 4) is 0 Å². The van der Waals surface area contributed by atoms with E-state index in [-0.39, 0.29) is 12.5 Å². The summed E-state index contributed by atoms with van der Waals surface area (Å²) in [4.78, 5) is 11.8. The summed E-state index contributed by atoms with van der Waals surface area (Å²) in [6.07, 6.45) is 0. The van der Waals surface area contributed by atoms with E-state index in [9.17, 15) is 4.79 Å². The van der Waals surface area contributed by atoms with Crippen LogP contribution in [0.4, 0.5) is 11.4 Å². The van der Waals surface area contributed by atoms with Gasteiger partial charge in [-0.05, 0) is 40.2 Å². The lowest BCUT2D eigenvalue weighted by molar-refractivity contribution is -0.114. The van der Waals surface area contributed by atoms with Crippen LogP contribution in [0.1, 0.15) is 0 Å². The molecule has 0 atom stereocenters. The lowest BCUT2D eigenvalue weighted by Crippen LogP contribution is -2.21. The van der Waals surface area contributed by atoms with Crippen molar-refractivity contribution < 1.29 is 4.79 Å². The van der Waals surface area contributed by atoms with Crippen molar-refractivity contribution >= 4 is 56.4 Å². The highest BCUT2D eigenvalue weighted by Gasteiger charge is 2.09. The number of para-hydroxylation sites is 1. The van der Waals surface area contributed by atoms with E-state index >= 15 is 0 Å². The minimum Gasteiger partial charge on any atom is -0.375 e. The predicted molar refractivity (Wildman–Crippen MR) is 87.7 cm³/mol. The number of carbonyl (C=O) groups is 1. The number of amides is 1. The second-order valence-corrected chi connectivity index (χ2v) is 5.60. The second-order valence-electron chi connectivity index (χ2n) is 3.99. The van der Waals surface area contributed by atoms with Gasteiger partial charge in [0.2, 0.25) is 5.91 Å². The third-order valence-electron chi connectivity index (χ3n) is 2.53. The summed E-state index contributed by atoms with van der Waals surface area (Å²) in [6.45, 7) is 0.104. The molecule has 1 amide bonds. The summed E-state index contributed by atoms with van der Waals surface area (Å²) in [6, 6.07) is 12.8. The molecule has 2 aromatic rings. The molecule has 0 bridgehead atoms. The SMILES string of the molecule is O=C(CNc1ccc(Br)c(Cl)c1Cl)Nc1ccccc1. The van der Waals surface area contributed by atoms with Crippen molar-refractivity contribution in [1.29, 1.82) is 0 Å². The molecule has 0 aliphatic heterocycles. The van der Waals surface area contributed by atoms with E-state index in [1.807, 2.05) is 30.3 Å². The molecule has 104 valence electrons. The Labute approximate surface area is 135 Å². The van der Waals surface area contributed by atoms with E-state index in [1.165, 1.54) is 0 Å². The molecule has 20 heavy (non-hydrogen) atoms. The third kappa shape index (κ3) is 3.88. The molecule has 0 saturated heterocycles. The van der Waals surface area contributed by atoms with Gasteiger partial charge in [0.1, 0.15) is 0 Å². The smallest absolute Gasteiger partial charge is 0.243 e. The number of hydrogen-bond donors (Lipinski definition) is 2. The highest BCUT2D eigenvalue weighted by atomic mass is 79.9. The van der Waals surface area contributed by atoms with Crippen molar-refractivity contribution in [2.45, 2.75) is 0 Å². The van der Waals surface area contributed by atoms with Crippen LogP contribution in [-0.4, -0.2) is 12.5 Å². The number of hydrogen-bond acceptors (Lipinski definition) is 2. The zero-order valence-corrected chi connectivity index (χ0v) is 13.4. The van der Waals surface area contributed by atoms with Gasteiger partial charge in [-0.3, -0.25) is 4.79 Å². The normalized spacial score (nSPS) is 10.2. The standard InChI is InChI=1S/C14H11BrCl2N2O/c15-10-6-7-11(14(17)13(10)16)18-8-12(20)19-9-4-2-1-3-5-9/h1-7,18H,8H2,(H,19,20). The summed E-state index contributed by atoms with van der Waals surface area (Å²) in [5.74, 6) is -0.161. The van der Waals surface area contributed by atoms with Gasteiger partial charge in [0.15, 0.2) is 0 Å². The number of halogens is 3. The average molecular weight is 374 g/mol. The Kier molecular flexibility index (Phi) is 5.29. The van der Waals surface area contributed by atoms with E-state index in [1.54, 1.807) is 12.1 Å². The van der Waals surface area contributed by atoms with E-state index < -0.39 is 0 Å². The largest absolute Gasteiger partial charge is 0.375 e. The van der Waals surface area contributed by atoms with Crippen LogP contribution >= 0.6 is 39.1 Å². The molecule has 0 unspecified atom stereocenters. The Hall–Kier alpha value is -1.23. The molecule has 0 spiro atoms. The molecule has 3 nitrogen and oxygen atoms in total. The number of carbonyl (C=O) groups excluding carboxylic acids is 1. The van der Waals surface area contributed by atoms with Gasteiger partial charge in [0.25, 0.3) is 0 Å². The van der Waals surface area contributed by atoms with Crippen LogP contribution in [0.15, 0.2) is 46.9 Å². The van der Waals surface area contributed by atoms with Crippen LogP contribution < -0.4 is 10.6 Å². The molecular formula is C14H11BrCl2N2O. The average Bonchev–Trinajstić information content (AvgIpc) is 2.45. The zero-order valence-electron chi connectivity index (χ0n) is 10.3. The van der Waals surface area contributed by atoms with Crippen molar-refractivity contribution in [2.24, 2.45) is 0 Å². The molecular weight excluding hydrogens is 363 g/mol. The predicted octanol–water partition coefficient (Wildman–Crippen LogP) is 4.81. The second kappa shape index (κ2) is 6.97. The van der Waals surface area contributed by atoms with Gasteiger partial charge < -0.3 is 10.6 Å². The molecule has 2 N–H and O–H groups in total. The molecule has 0 radical (unpaired) electrons. The first-order valence-electron chi connectivity index (χ1n) is 5.80. The Bertz CT molecular complexity index is 620. The summed E-state index contributed by atoms with van der Waals surface area (Å²) >= 11 is 15.4. The van der Waals surface area contributed by atoms with E-state index in [0.29, 0.717) is 20.2 Å². The van der Waals surface area contributed by atoms with Crippen LogP contribution in [0.25, 0.3) is 0 Å². The van der Waals surface area contributed by atoms with Gasteiger partial charge in [0.05, 0.1) is 22.3 Å². The maximum atomic E-state index is 11.8. The number of rotatable bonds is 4. The maximum absolute atomic E-state index is 11.8. The van der Waals surface area contributed by atoms with Crippen molar-refractivity contribution in [3.63, 3.8) is 0 Å². The van der Waals surface area contributed by atoms with Crippen LogP contribution in [0.3, 0.4) is 0 Å². The quantitative estimate of drug-likeness (QED) is 0.755. The Morgan fingerprint density at radius 3 is 2.45 bits per heavy atom. The van der Waals surface area contributed by atoms with Crippen molar-refractivity contribution in [1.82, 2.24) is 0 Å². The fourth-order valence-corrected chi connectivity index (χ4v) is 2.41. The zero-order chi connectivity index (χ0) is 14.5. The molecule has 2 rings (SSSR count). The van der Waals surface area contributed by atoms with Crippen LogP contribution in [0.5, 0.6) is 0 Å². The van der Waals surface area contributed by atoms with E-state index in [2.05, 4.69) is 26.6 Å². The van der Waals surface area contributed by atoms with Gasteiger partial charge in [0, 0.05) is 10.2 Å². The summed E-state index contributed by atoms with van der Waals surface area (Å²) in [5.41, 5.74) is 1.36. The fourth-order valence-electron chi connectivity index (χ4n) is 1.56. The highest BCUT2D eigenvalue weighted by molar-refractivity contribution is 9.10. The van der Waals surface area contributed by atoms with Gasteiger partial charge in [-0.15, -0.1) is 0 Å². The highest BCUT2D eigenvalue weighted by Crippen LogP contribution is 2.35. The monoisotopic (exact) mass is 372 g/mol. The first kappa shape index (κ1) is 15.2. The number of nitrogens with one attached hydrogen (secondary N) is 2. The van der Waals surface area contributed by atoms with Gasteiger partial charge in [-0.25, -0.2) is 0 Å². The Morgan fingerprint density at radius 1 is 1.05 bits per heavy atom.